The van der Waals surface area contributed by atoms with E-state index in [1.807, 2.05) is 0 Å². The highest BCUT2D eigenvalue weighted by Gasteiger charge is 2.62. The van der Waals surface area contributed by atoms with Gasteiger partial charge >= 0.3 is 0 Å². The maximum Gasteiger partial charge on any atom is 0.258 e. The lowest BCUT2D eigenvalue weighted by Gasteiger charge is -2.49. The molecule has 3 saturated heterocycles. The van der Waals surface area contributed by atoms with Crippen molar-refractivity contribution in [3.8, 4) is 0 Å². The first-order valence-electron chi connectivity index (χ1n) is 6.52. The Morgan fingerprint density at radius 3 is 2.71 bits per heavy atom. The minimum Gasteiger partial charge on any atom is -0.393 e. The van der Waals surface area contributed by atoms with Crippen molar-refractivity contribution in [1.29, 1.82) is 0 Å². The number of ether oxygens (including phenoxy) is 1. The first kappa shape index (κ1) is 16.1. The van der Waals surface area contributed by atoms with E-state index in [9.17, 15) is 24.9 Å². The van der Waals surface area contributed by atoms with Crippen LogP contribution in [0, 0.1) is 0 Å². The van der Waals surface area contributed by atoms with Gasteiger partial charge in [0.1, 0.15) is 11.7 Å². The van der Waals surface area contributed by atoms with E-state index in [4.69, 9.17) is 9.84 Å². The molecule has 4 unspecified atom stereocenters. The molecule has 5 N–H and O–H groups in total. The van der Waals surface area contributed by atoms with Gasteiger partial charge < -0.3 is 30.5 Å². The van der Waals surface area contributed by atoms with Crippen LogP contribution in [0.15, 0.2) is 12.2 Å². The van der Waals surface area contributed by atoms with Crippen LogP contribution in [-0.2, 0) is 14.3 Å². The fourth-order valence-electron chi connectivity index (χ4n) is 2.61. The Labute approximate surface area is 121 Å². The number of carbonyl (C=O) groups excluding carboxylic acids is 2. The fraction of sp³-hybridized carbons (Fsp3) is 0.692. The molecule has 3 aliphatic rings. The molecular formula is C13H19NO7. The standard InChI is InChI=1S/C13H19NO7/c1-7-3-4-21-12(9(17)11(2,19)6-15)5-8(16)13(7,20)14-10(12)18/h9,15,17,19-20H,1,3-6H2,2H3,(H,14,18). The Morgan fingerprint density at radius 2 is 2.14 bits per heavy atom. The molecule has 0 radical (unpaired) electrons. The van der Waals surface area contributed by atoms with Gasteiger partial charge in [-0.15, -0.1) is 0 Å². The van der Waals surface area contributed by atoms with Crippen LogP contribution in [0.4, 0.5) is 0 Å². The van der Waals surface area contributed by atoms with Crippen LogP contribution in [0.1, 0.15) is 19.8 Å². The van der Waals surface area contributed by atoms with Crippen molar-refractivity contribution in [3.05, 3.63) is 12.2 Å². The lowest BCUT2D eigenvalue weighted by atomic mass is 9.74. The summed E-state index contributed by atoms with van der Waals surface area (Å²) in [6.45, 7) is 3.78. The van der Waals surface area contributed by atoms with Crippen molar-refractivity contribution in [2.24, 2.45) is 0 Å². The number of nitrogens with one attached hydrogen (secondary N) is 1. The zero-order valence-electron chi connectivity index (χ0n) is 11.6. The largest absolute Gasteiger partial charge is 0.393 e. The Morgan fingerprint density at radius 1 is 1.52 bits per heavy atom. The zero-order valence-corrected chi connectivity index (χ0v) is 11.6. The summed E-state index contributed by atoms with van der Waals surface area (Å²) < 4.78 is 5.38. The van der Waals surface area contributed by atoms with Gasteiger partial charge in [0.25, 0.3) is 5.91 Å². The molecule has 0 saturated carbocycles. The Balaban J connectivity index is 2.47. The average Bonchev–Trinajstić information content (AvgIpc) is 2.42. The quantitative estimate of drug-likeness (QED) is 0.366. The summed E-state index contributed by atoms with van der Waals surface area (Å²) in [6, 6.07) is 0. The third-order valence-corrected chi connectivity index (χ3v) is 4.13. The summed E-state index contributed by atoms with van der Waals surface area (Å²) >= 11 is 0. The Bertz CT molecular complexity index is 503. The number of Topliss-reactive ketones (excluding diaryl/α,β-unsaturated/α-hetero) is 1. The minimum absolute atomic E-state index is 0.0690. The molecule has 4 atom stereocenters. The third-order valence-electron chi connectivity index (χ3n) is 4.13. The number of piperidine rings is 1. The molecule has 0 aromatic rings. The van der Waals surface area contributed by atoms with E-state index in [1.54, 1.807) is 0 Å². The number of rotatable bonds is 3. The van der Waals surface area contributed by atoms with Crippen molar-refractivity contribution in [2.45, 2.75) is 42.8 Å². The Hall–Kier alpha value is -1.32. The molecule has 0 spiro atoms. The van der Waals surface area contributed by atoms with Crippen molar-refractivity contribution in [2.75, 3.05) is 13.2 Å². The van der Waals surface area contributed by atoms with Crippen LogP contribution in [0.5, 0.6) is 0 Å². The van der Waals surface area contributed by atoms with Crippen LogP contribution in [0.3, 0.4) is 0 Å². The summed E-state index contributed by atoms with van der Waals surface area (Å²) in [5, 5.41) is 41.8. The van der Waals surface area contributed by atoms with Crippen molar-refractivity contribution >= 4 is 11.7 Å². The van der Waals surface area contributed by atoms with Crippen LogP contribution in [0.25, 0.3) is 0 Å². The first-order valence-corrected chi connectivity index (χ1v) is 6.52. The van der Waals surface area contributed by atoms with E-state index in [0.29, 0.717) is 0 Å². The molecule has 0 aromatic heterocycles. The number of ketones is 1. The molecule has 8 heteroatoms. The molecule has 3 fully saturated rings. The molecule has 21 heavy (non-hydrogen) atoms. The maximum atomic E-state index is 12.3. The summed E-state index contributed by atoms with van der Waals surface area (Å²) in [7, 11) is 0. The minimum atomic E-state index is -2.19. The zero-order chi connectivity index (χ0) is 16.1. The summed E-state index contributed by atoms with van der Waals surface area (Å²) in [6.07, 6.45) is -2.39. The summed E-state index contributed by atoms with van der Waals surface area (Å²) in [5.74, 6) is -1.73. The van der Waals surface area contributed by atoms with Gasteiger partial charge in [-0.1, -0.05) is 6.58 Å². The summed E-state index contributed by atoms with van der Waals surface area (Å²) in [4.78, 5) is 24.5. The normalized spacial score (nSPS) is 37.5. The number of amides is 1. The van der Waals surface area contributed by atoms with Gasteiger partial charge in [-0.2, -0.15) is 0 Å². The predicted molar refractivity (Wildman–Crippen MR) is 68.9 cm³/mol. The molecule has 8 nitrogen and oxygen atoms in total. The second-order valence-electron chi connectivity index (χ2n) is 5.77. The maximum absolute atomic E-state index is 12.3. The van der Waals surface area contributed by atoms with Gasteiger partial charge in [0.05, 0.1) is 19.6 Å². The van der Waals surface area contributed by atoms with Crippen molar-refractivity contribution < 1.29 is 34.8 Å². The SMILES string of the molecule is C=C1CCOC2(C(O)C(C)(O)CO)CC(=O)C1(O)NC2=O. The van der Waals surface area contributed by atoms with Gasteiger partial charge in [0, 0.05) is 0 Å². The Kier molecular flexibility index (Phi) is 3.71. The molecule has 0 aromatic carbocycles. The molecule has 1 amide bonds. The van der Waals surface area contributed by atoms with Gasteiger partial charge in [0.15, 0.2) is 11.4 Å². The van der Waals surface area contributed by atoms with Crippen LogP contribution < -0.4 is 5.32 Å². The monoisotopic (exact) mass is 301 g/mol. The van der Waals surface area contributed by atoms with Gasteiger partial charge in [0.2, 0.25) is 5.72 Å². The van der Waals surface area contributed by atoms with E-state index in [2.05, 4.69) is 11.9 Å². The molecular weight excluding hydrogens is 282 g/mol. The van der Waals surface area contributed by atoms with Crippen LogP contribution in [-0.4, -0.2) is 68.4 Å². The molecule has 118 valence electrons. The lowest BCUT2D eigenvalue weighted by Crippen LogP contribution is -2.75. The highest BCUT2D eigenvalue weighted by atomic mass is 16.5. The highest BCUT2D eigenvalue weighted by molar-refractivity contribution is 6.04. The third kappa shape index (κ3) is 2.19. The molecule has 0 aliphatic carbocycles. The first-order chi connectivity index (χ1) is 9.60. The van der Waals surface area contributed by atoms with Gasteiger partial charge in [-0.3, -0.25) is 9.59 Å². The van der Waals surface area contributed by atoms with E-state index in [1.165, 1.54) is 0 Å². The van der Waals surface area contributed by atoms with E-state index in [-0.39, 0.29) is 18.6 Å². The van der Waals surface area contributed by atoms with E-state index >= 15 is 0 Å². The van der Waals surface area contributed by atoms with E-state index < -0.39 is 47.7 Å². The second kappa shape index (κ2) is 4.85. The number of aliphatic hydroxyl groups is 4. The van der Waals surface area contributed by atoms with Gasteiger partial charge in [-0.25, -0.2) is 0 Å². The smallest absolute Gasteiger partial charge is 0.258 e. The fourth-order valence-corrected chi connectivity index (χ4v) is 2.61. The number of fused-ring (bicyclic) bond motifs is 5. The molecule has 2 bridgehead atoms. The number of hydrogen-bond donors (Lipinski definition) is 5. The summed E-state index contributed by atoms with van der Waals surface area (Å²) in [5.41, 5.74) is -6.20. The predicted octanol–water partition coefficient (Wildman–Crippen LogP) is -2.42. The average molecular weight is 301 g/mol. The van der Waals surface area contributed by atoms with Crippen LogP contribution >= 0.6 is 0 Å². The lowest BCUT2D eigenvalue weighted by molar-refractivity contribution is -0.221. The highest BCUT2D eigenvalue weighted by Crippen LogP contribution is 2.38. The molecule has 3 heterocycles. The number of hydrogen-bond acceptors (Lipinski definition) is 7. The second-order valence-corrected chi connectivity index (χ2v) is 5.77. The topological polar surface area (TPSA) is 136 Å². The van der Waals surface area contributed by atoms with Crippen LogP contribution in [0.2, 0.25) is 0 Å². The number of carbonyl (C=O) groups is 2. The number of aliphatic hydroxyl groups excluding tert-OH is 2. The van der Waals surface area contributed by atoms with Crippen molar-refractivity contribution in [3.63, 3.8) is 0 Å². The van der Waals surface area contributed by atoms with Gasteiger partial charge in [-0.05, 0) is 18.9 Å². The van der Waals surface area contributed by atoms with Crippen molar-refractivity contribution in [1.82, 2.24) is 5.32 Å². The molecule has 3 rings (SSSR count). The van der Waals surface area contributed by atoms with E-state index in [0.717, 1.165) is 6.92 Å². The molecule has 3 aliphatic heterocycles.